The summed E-state index contributed by atoms with van der Waals surface area (Å²) < 4.78 is 0. The highest BCUT2D eigenvalue weighted by Crippen LogP contribution is 2.26. The predicted molar refractivity (Wildman–Crippen MR) is 70.5 cm³/mol. The SMILES string of the molecule is CCCCc1cc(CCCCl)cc(C)c1O. The predicted octanol–water partition coefficient (Wildman–Crippen LogP) is 4.21. The molecule has 0 aromatic heterocycles. The minimum absolute atomic E-state index is 0.475. The van der Waals surface area contributed by atoms with Crippen LogP contribution in [0.25, 0.3) is 0 Å². The molecule has 1 nitrogen and oxygen atoms in total. The number of aromatic hydroxyl groups is 1. The lowest BCUT2D eigenvalue weighted by Gasteiger charge is -2.10. The third kappa shape index (κ3) is 3.71. The van der Waals surface area contributed by atoms with Gasteiger partial charge in [0.2, 0.25) is 0 Å². The van der Waals surface area contributed by atoms with Crippen LogP contribution < -0.4 is 0 Å². The Kier molecular flexibility index (Phi) is 5.68. The molecule has 2 heteroatoms. The fraction of sp³-hybridized carbons (Fsp3) is 0.571. The second-order valence-corrected chi connectivity index (χ2v) is 4.69. The maximum atomic E-state index is 9.95. The van der Waals surface area contributed by atoms with Gasteiger partial charge in [-0.15, -0.1) is 11.6 Å². The van der Waals surface area contributed by atoms with Crippen molar-refractivity contribution in [2.45, 2.75) is 46.0 Å². The summed E-state index contributed by atoms with van der Waals surface area (Å²) in [7, 11) is 0. The number of rotatable bonds is 6. The van der Waals surface area contributed by atoms with Crippen molar-refractivity contribution in [3.05, 3.63) is 28.8 Å². The summed E-state index contributed by atoms with van der Waals surface area (Å²) in [6, 6.07) is 4.20. The monoisotopic (exact) mass is 240 g/mol. The average molecular weight is 241 g/mol. The number of hydrogen-bond donors (Lipinski definition) is 1. The fourth-order valence-electron chi connectivity index (χ4n) is 1.91. The molecule has 0 aliphatic heterocycles. The third-order valence-electron chi connectivity index (χ3n) is 2.84. The Morgan fingerprint density at radius 1 is 1.19 bits per heavy atom. The first-order valence-corrected chi connectivity index (χ1v) is 6.59. The second-order valence-electron chi connectivity index (χ2n) is 4.32. The molecule has 0 bridgehead atoms. The number of aryl methyl sites for hydroxylation is 3. The van der Waals surface area contributed by atoms with Crippen LogP contribution in [0.5, 0.6) is 5.75 Å². The minimum atomic E-state index is 0.475. The zero-order valence-electron chi connectivity index (χ0n) is 10.2. The van der Waals surface area contributed by atoms with Crippen molar-refractivity contribution in [2.75, 3.05) is 5.88 Å². The quantitative estimate of drug-likeness (QED) is 0.739. The number of alkyl halides is 1. The van der Waals surface area contributed by atoms with E-state index in [0.717, 1.165) is 43.2 Å². The van der Waals surface area contributed by atoms with Crippen molar-refractivity contribution in [1.29, 1.82) is 0 Å². The number of halogens is 1. The Hall–Kier alpha value is -0.690. The van der Waals surface area contributed by atoms with Crippen molar-refractivity contribution in [2.24, 2.45) is 0 Å². The van der Waals surface area contributed by atoms with Gasteiger partial charge in [0.15, 0.2) is 0 Å². The van der Waals surface area contributed by atoms with Gasteiger partial charge in [0.05, 0.1) is 0 Å². The number of phenols is 1. The first-order chi connectivity index (χ1) is 7.69. The highest BCUT2D eigenvalue weighted by molar-refractivity contribution is 6.17. The topological polar surface area (TPSA) is 20.2 Å². The molecule has 1 aromatic rings. The number of benzene rings is 1. The molecule has 0 unspecified atom stereocenters. The fourth-order valence-corrected chi connectivity index (χ4v) is 2.04. The van der Waals surface area contributed by atoms with E-state index in [-0.39, 0.29) is 0 Å². The zero-order valence-corrected chi connectivity index (χ0v) is 11.0. The first kappa shape index (κ1) is 13.4. The lowest BCUT2D eigenvalue weighted by Crippen LogP contribution is -1.94. The van der Waals surface area contributed by atoms with E-state index in [4.69, 9.17) is 11.6 Å². The van der Waals surface area contributed by atoms with E-state index in [9.17, 15) is 5.11 Å². The molecule has 0 amide bonds. The molecule has 1 aromatic carbocycles. The smallest absolute Gasteiger partial charge is 0.121 e. The summed E-state index contributed by atoms with van der Waals surface area (Å²) in [5.41, 5.74) is 3.37. The van der Waals surface area contributed by atoms with E-state index in [1.165, 1.54) is 5.56 Å². The van der Waals surface area contributed by atoms with Crippen LogP contribution in [0.3, 0.4) is 0 Å². The highest BCUT2D eigenvalue weighted by Gasteiger charge is 2.06. The largest absolute Gasteiger partial charge is 0.507 e. The van der Waals surface area contributed by atoms with Crippen molar-refractivity contribution in [3.8, 4) is 5.75 Å². The van der Waals surface area contributed by atoms with Gasteiger partial charge in [-0.3, -0.25) is 0 Å². The highest BCUT2D eigenvalue weighted by atomic mass is 35.5. The van der Waals surface area contributed by atoms with Crippen molar-refractivity contribution >= 4 is 11.6 Å². The van der Waals surface area contributed by atoms with Gasteiger partial charge in [-0.25, -0.2) is 0 Å². The molecule has 0 saturated carbocycles. The van der Waals surface area contributed by atoms with Gasteiger partial charge < -0.3 is 5.11 Å². The van der Waals surface area contributed by atoms with Gasteiger partial charge in [-0.05, 0) is 49.3 Å². The Balaban J connectivity index is 2.83. The molecule has 1 N–H and O–H groups in total. The molecule has 1 rings (SSSR count). The molecule has 0 heterocycles. The van der Waals surface area contributed by atoms with Gasteiger partial charge in [0.25, 0.3) is 0 Å². The Bertz CT molecular complexity index is 334. The van der Waals surface area contributed by atoms with Gasteiger partial charge in [-0.1, -0.05) is 25.5 Å². The normalized spacial score (nSPS) is 10.7. The Morgan fingerprint density at radius 3 is 2.56 bits per heavy atom. The molecule has 0 aliphatic carbocycles. The van der Waals surface area contributed by atoms with Crippen molar-refractivity contribution in [3.63, 3.8) is 0 Å². The zero-order chi connectivity index (χ0) is 12.0. The van der Waals surface area contributed by atoms with E-state index >= 15 is 0 Å². The van der Waals surface area contributed by atoms with Crippen molar-refractivity contribution < 1.29 is 5.11 Å². The molecule has 0 fully saturated rings. The maximum absolute atomic E-state index is 9.95. The van der Waals surface area contributed by atoms with Gasteiger partial charge in [-0.2, -0.15) is 0 Å². The van der Waals surface area contributed by atoms with Crippen LogP contribution >= 0.6 is 11.6 Å². The molecule has 0 saturated heterocycles. The van der Waals surface area contributed by atoms with E-state index in [1.54, 1.807) is 0 Å². The average Bonchev–Trinajstić information content (AvgIpc) is 2.28. The van der Waals surface area contributed by atoms with Crippen LogP contribution in [-0.2, 0) is 12.8 Å². The number of hydrogen-bond acceptors (Lipinski definition) is 1. The summed E-state index contributed by atoms with van der Waals surface area (Å²) in [6.07, 6.45) is 5.26. The molecule has 0 aliphatic rings. The van der Waals surface area contributed by atoms with Crippen molar-refractivity contribution in [1.82, 2.24) is 0 Å². The molecular weight excluding hydrogens is 220 g/mol. The van der Waals surface area contributed by atoms with Crippen LogP contribution in [0, 0.1) is 6.92 Å². The van der Waals surface area contributed by atoms with Gasteiger partial charge >= 0.3 is 0 Å². The maximum Gasteiger partial charge on any atom is 0.121 e. The molecule has 90 valence electrons. The van der Waals surface area contributed by atoms with Crippen LogP contribution in [0.2, 0.25) is 0 Å². The summed E-state index contributed by atoms with van der Waals surface area (Å²) >= 11 is 5.70. The van der Waals surface area contributed by atoms with E-state index in [0.29, 0.717) is 11.6 Å². The number of unbranched alkanes of at least 4 members (excludes halogenated alkanes) is 1. The molecular formula is C14H21ClO. The molecule has 0 spiro atoms. The van der Waals surface area contributed by atoms with Crippen LogP contribution in [0.15, 0.2) is 12.1 Å². The van der Waals surface area contributed by atoms with E-state index in [1.807, 2.05) is 6.92 Å². The van der Waals surface area contributed by atoms with Crippen LogP contribution in [0.4, 0.5) is 0 Å². The Labute approximate surface area is 103 Å². The van der Waals surface area contributed by atoms with E-state index in [2.05, 4.69) is 19.1 Å². The van der Waals surface area contributed by atoms with E-state index < -0.39 is 0 Å². The van der Waals surface area contributed by atoms with Crippen LogP contribution in [0.1, 0.15) is 42.9 Å². The summed E-state index contributed by atoms with van der Waals surface area (Å²) in [6.45, 7) is 4.14. The molecule has 16 heavy (non-hydrogen) atoms. The minimum Gasteiger partial charge on any atom is -0.507 e. The standard InChI is InChI=1S/C14H21ClO/c1-3-4-7-13-10-12(6-5-8-15)9-11(2)14(13)16/h9-10,16H,3-8H2,1-2H3. The molecule has 0 radical (unpaired) electrons. The lowest BCUT2D eigenvalue weighted by atomic mass is 9.98. The summed E-state index contributed by atoms with van der Waals surface area (Å²) in [5, 5.41) is 9.95. The van der Waals surface area contributed by atoms with Crippen LogP contribution in [-0.4, -0.2) is 11.0 Å². The summed E-state index contributed by atoms with van der Waals surface area (Å²) in [5.74, 6) is 1.17. The number of phenolic OH excluding ortho intramolecular Hbond substituents is 1. The molecule has 0 atom stereocenters. The Morgan fingerprint density at radius 2 is 1.94 bits per heavy atom. The third-order valence-corrected chi connectivity index (χ3v) is 3.11. The lowest BCUT2D eigenvalue weighted by molar-refractivity contribution is 0.462. The van der Waals surface area contributed by atoms with Gasteiger partial charge in [0, 0.05) is 5.88 Å². The second kappa shape index (κ2) is 6.80. The summed E-state index contributed by atoms with van der Waals surface area (Å²) in [4.78, 5) is 0. The van der Waals surface area contributed by atoms with Gasteiger partial charge in [0.1, 0.15) is 5.75 Å². The first-order valence-electron chi connectivity index (χ1n) is 6.06.